The summed E-state index contributed by atoms with van der Waals surface area (Å²) in [5.41, 5.74) is 0. The van der Waals surface area contributed by atoms with Crippen molar-refractivity contribution in [1.82, 2.24) is 0 Å². The van der Waals surface area contributed by atoms with Crippen LogP contribution in [-0.4, -0.2) is 23.9 Å². The van der Waals surface area contributed by atoms with Crippen LogP contribution < -0.4 is 0 Å². The van der Waals surface area contributed by atoms with Crippen LogP contribution in [0.3, 0.4) is 0 Å². The summed E-state index contributed by atoms with van der Waals surface area (Å²) in [6, 6.07) is 0. The van der Waals surface area contributed by atoms with Gasteiger partial charge in [0.25, 0.3) is 0 Å². The summed E-state index contributed by atoms with van der Waals surface area (Å²) in [7, 11) is 0. The summed E-state index contributed by atoms with van der Waals surface area (Å²) >= 11 is 0. The van der Waals surface area contributed by atoms with Crippen molar-refractivity contribution in [3.63, 3.8) is 0 Å². The van der Waals surface area contributed by atoms with Crippen LogP contribution in [0.5, 0.6) is 0 Å². The zero-order chi connectivity index (χ0) is 0. The first-order valence-electron chi connectivity index (χ1n) is 0. The predicted molar refractivity (Wildman–Crippen MR) is 8.54 cm³/mol. The minimum atomic E-state index is 0. The standard InChI is InChI=1S/3Pt.Sn.2H. The number of hydrogen-bond acceptors (Lipinski definition) is 0. The number of hydrogen-bond donors (Lipinski definition) is 0. The van der Waals surface area contributed by atoms with E-state index in [2.05, 4.69) is 0 Å². The van der Waals surface area contributed by atoms with Gasteiger partial charge in [-0.1, -0.05) is 0 Å². The van der Waals surface area contributed by atoms with Crippen molar-refractivity contribution < 1.29 is 63.2 Å². The van der Waals surface area contributed by atoms with Gasteiger partial charge in [-0.15, -0.1) is 0 Å². The third kappa shape index (κ3) is 8.85. The Balaban J connectivity index is 0. The van der Waals surface area contributed by atoms with E-state index < -0.39 is 0 Å². The average molecular weight is 706 g/mol. The Hall–Kier alpha value is 2.86. The van der Waals surface area contributed by atoms with Gasteiger partial charge in [0.1, 0.15) is 0 Å². The summed E-state index contributed by atoms with van der Waals surface area (Å²) in [6.07, 6.45) is 0. The van der Waals surface area contributed by atoms with Gasteiger partial charge in [-0.25, -0.2) is 0 Å². The molecule has 0 aliphatic rings. The third-order valence-electron chi connectivity index (χ3n) is 0. The Morgan fingerprint density at radius 2 is 0.500 bits per heavy atom. The van der Waals surface area contributed by atoms with E-state index in [-0.39, 0.29) is 87.1 Å². The van der Waals surface area contributed by atoms with E-state index in [0.29, 0.717) is 0 Å². The Bertz CT molecular complexity index is 3.25. The van der Waals surface area contributed by atoms with Crippen LogP contribution in [0.15, 0.2) is 0 Å². The van der Waals surface area contributed by atoms with Gasteiger partial charge in [-0.05, 0) is 0 Å². The first-order valence-corrected chi connectivity index (χ1v) is 0. The van der Waals surface area contributed by atoms with Crippen molar-refractivity contribution in [2.24, 2.45) is 0 Å². The van der Waals surface area contributed by atoms with Crippen LogP contribution in [-0.2, 0) is 63.2 Å². The molecule has 0 aromatic heterocycles. The Morgan fingerprint density at radius 1 is 0.500 bits per heavy atom. The van der Waals surface area contributed by atoms with E-state index in [1.54, 1.807) is 0 Å². The molecule has 36 valence electrons. The fourth-order valence-corrected chi connectivity index (χ4v) is 0. The van der Waals surface area contributed by atoms with E-state index in [1.807, 2.05) is 0 Å². The summed E-state index contributed by atoms with van der Waals surface area (Å²) in [5.74, 6) is 0. The molecule has 0 N–H and O–H groups in total. The van der Waals surface area contributed by atoms with E-state index in [9.17, 15) is 0 Å². The summed E-state index contributed by atoms with van der Waals surface area (Å²) < 4.78 is 0. The second kappa shape index (κ2) is 16.9. The molecule has 0 aromatic carbocycles. The SMILES string of the molecule is [Pt].[Pt].[Pt].[SnH2]. The van der Waals surface area contributed by atoms with Gasteiger partial charge in [-0.2, -0.15) is 0 Å². The molecule has 0 heterocycles. The number of rotatable bonds is 0. The summed E-state index contributed by atoms with van der Waals surface area (Å²) in [4.78, 5) is 0. The zero-order valence-corrected chi connectivity index (χ0v) is 12.5. The van der Waals surface area contributed by atoms with E-state index >= 15 is 0 Å². The topological polar surface area (TPSA) is 0 Å². The molecule has 0 fully saturated rings. The van der Waals surface area contributed by atoms with Crippen molar-refractivity contribution in [3.8, 4) is 0 Å². The molecule has 4 heavy (non-hydrogen) atoms. The summed E-state index contributed by atoms with van der Waals surface area (Å²) in [5, 5.41) is 0. The van der Waals surface area contributed by atoms with Crippen molar-refractivity contribution in [2.75, 3.05) is 0 Å². The van der Waals surface area contributed by atoms with Gasteiger partial charge in [-0.3, -0.25) is 0 Å². The molecule has 4 heteroatoms. The maximum atomic E-state index is 0. The quantitative estimate of drug-likeness (QED) is 0.287. The molecule has 0 spiro atoms. The van der Waals surface area contributed by atoms with Crippen LogP contribution in [0.1, 0.15) is 0 Å². The van der Waals surface area contributed by atoms with Crippen molar-refractivity contribution in [2.45, 2.75) is 0 Å². The first-order chi connectivity index (χ1) is 0. The zero-order valence-electron chi connectivity index (χ0n) is 1.66. The first kappa shape index (κ1) is 28.8. The van der Waals surface area contributed by atoms with Crippen molar-refractivity contribution >= 4 is 23.9 Å². The Morgan fingerprint density at radius 3 is 0.500 bits per heavy atom. The fraction of sp³-hybridized carbons (Fsp3) is 0. The van der Waals surface area contributed by atoms with E-state index in [4.69, 9.17) is 0 Å². The van der Waals surface area contributed by atoms with Crippen LogP contribution in [0, 0.1) is 0 Å². The van der Waals surface area contributed by atoms with Gasteiger partial charge in [0.2, 0.25) is 0 Å². The molecule has 0 rings (SSSR count). The molecule has 0 aliphatic carbocycles. The van der Waals surface area contributed by atoms with Gasteiger partial charge >= 0.3 is 23.9 Å². The van der Waals surface area contributed by atoms with Crippen LogP contribution in [0.2, 0.25) is 0 Å². The molecule has 0 unspecified atom stereocenters. The fourth-order valence-electron chi connectivity index (χ4n) is 0. The molecule has 0 aliphatic heterocycles. The Labute approximate surface area is 85.6 Å². The normalized spacial score (nSPS) is 0. The van der Waals surface area contributed by atoms with Gasteiger partial charge in [0.15, 0.2) is 0 Å². The Kier molecular flexibility index (Phi) is 122. The molecule has 0 aromatic rings. The molecular weight excluding hydrogens is 704 g/mol. The minimum absolute atomic E-state index is 0. The molecule has 0 atom stereocenters. The molecule has 0 bridgehead atoms. The second-order valence-corrected chi connectivity index (χ2v) is 0. The summed E-state index contributed by atoms with van der Waals surface area (Å²) in [6.45, 7) is 0. The van der Waals surface area contributed by atoms with Crippen LogP contribution in [0.25, 0.3) is 0 Å². The molecule has 0 amide bonds. The van der Waals surface area contributed by atoms with Crippen LogP contribution in [0.4, 0.5) is 0 Å². The molecule has 0 saturated heterocycles. The van der Waals surface area contributed by atoms with Gasteiger partial charge in [0.05, 0.1) is 0 Å². The van der Waals surface area contributed by atoms with Crippen LogP contribution >= 0.6 is 0 Å². The van der Waals surface area contributed by atoms with Crippen molar-refractivity contribution in [3.05, 3.63) is 0 Å². The molecular formula is H2Pt3Sn. The predicted octanol–water partition coefficient (Wildman–Crippen LogP) is -0.924. The molecule has 2 radical (unpaired) electrons. The molecule has 0 saturated carbocycles. The third-order valence-corrected chi connectivity index (χ3v) is 0. The monoisotopic (exact) mass is 707 g/mol. The van der Waals surface area contributed by atoms with Crippen molar-refractivity contribution in [1.29, 1.82) is 0 Å². The van der Waals surface area contributed by atoms with E-state index in [0.717, 1.165) is 0 Å². The van der Waals surface area contributed by atoms with Gasteiger partial charge in [0, 0.05) is 63.2 Å². The average Bonchev–Trinajstić information content (AvgIpc) is 0. The maximum absolute atomic E-state index is 0. The van der Waals surface area contributed by atoms with Gasteiger partial charge < -0.3 is 0 Å². The second-order valence-electron chi connectivity index (χ2n) is 0. The van der Waals surface area contributed by atoms with E-state index in [1.165, 1.54) is 0 Å². The molecule has 0 nitrogen and oxygen atoms in total.